The van der Waals surface area contributed by atoms with Crippen LogP contribution in [0.3, 0.4) is 0 Å². The van der Waals surface area contributed by atoms with E-state index in [0.29, 0.717) is 41.2 Å². The SMILES string of the molecule is C[C@@H]1C[C@@H](C)CN(S(=O)(=O)c2ccc(C(=O)Nc3cccc(Cl)c3)cc2)C1. The van der Waals surface area contributed by atoms with E-state index in [1.54, 1.807) is 28.6 Å². The van der Waals surface area contributed by atoms with E-state index in [1.807, 2.05) is 0 Å². The van der Waals surface area contributed by atoms with Gasteiger partial charge in [0, 0.05) is 29.4 Å². The van der Waals surface area contributed by atoms with Gasteiger partial charge < -0.3 is 5.32 Å². The summed E-state index contributed by atoms with van der Waals surface area (Å²) in [6.45, 7) is 5.20. The molecule has 0 unspecified atom stereocenters. The van der Waals surface area contributed by atoms with Crippen molar-refractivity contribution in [3.05, 3.63) is 59.1 Å². The lowest BCUT2D eigenvalue weighted by Gasteiger charge is -2.34. The van der Waals surface area contributed by atoms with Crippen LogP contribution >= 0.6 is 11.6 Å². The molecule has 0 radical (unpaired) electrons. The second-order valence-corrected chi connectivity index (χ2v) is 9.63. The molecule has 7 heteroatoms. The number of sulfonamides is 1. The van der Waals surface area contributed by atoms with Gasteiger partial charge in [-0.05, 0) is 60.7 Å². The van der Waals surface area contributed by atoms with Crippen LogP contribution in [-0.2, 0) is 10.0 Å². The summed E-state index contributed by atoms with van der Waals surface area (Å²) in [7, 11) is -3.55. The molecule has 27 heavy (non-hydrogen) atoms. The highest BCUT2D eigenvalue weighted by Crippen LogP contribution is 2.27. The van der Waals surface area contributed by atoms with Gasteiger partial charge in [0.1, 0.15) is 0 Å². The largest absolute Gasteiger partial charge is 0.322 e. The average molecular weight is 407 g/mol. The van der Waals surface area contributed by atoms with Crippen LogP contribution in [0, 0.1) is 11.8 Å². The summed E-state index contributed by atoms with van der Waals surface area (Å²) in [6, 6.07) is 12.9. The zero-order chi connectivity index (χ0) is 19.6. The minimum atomic E-state index is -3.55. The van der Waals surface area contributed by atoms with Gasteiger partial charge in [-0.1, -0.05) is 31.5 Å². The maximum absolute atomic E-state index is 12.9. The van der Waals surface area contributed by atoms with Crippen LogP contribution < -0.4 is 5.32 Å². The number of halogens is 1. The van der Waals surface area contributed by atoms with Crippen molar-refractivity contribution in [2.75, 3.05) is 18.4 Å². The molecule has 1 heterocycles. The molecular formula is C20H23ClN2O3S. The topological polar surface area (TPSA) is 66.5 Å². The van der Waals surface area contributed by atoms with E-state index in [9.17, 15) is 13.2 Å². The zero-order valence-corrected chi connectivity index (χ0v) is 16.9. The Morgan fingerprint density at radius 1 is 1.07 bits per heavy atom. The van der Waals surface area contributed by atoms with Crippen molar-refractivity contribution < 1.29 is 13.2 Å². The van der Waals surface area contributed by atoms with Gasteiger partial charge in [-0.3, -0.25) is 4.79 Å². The number of nitrogens with one attached hydrogen (secondary N) is 1. The van der Waals surface area contributed by atoms with E-state index >= 15 is 0 Å². The molecule has 2 atom stereocenters. The Kier molecular flexibility index (Phi) is 5.89. The second-order valence-electron chi connectivity index (χ2n) is 7.26. The van der Waals surface area contributed by atoms with Crippen LogP contribution in [0.15, 0.2) is 53.4 Å². The van der Waals surface area contributed by atoms with Crippen LogP contribution in [0.5, 0.6) is 0 Å². The molecule has 1 amide bonds. The number of amides is 1. The number of hydrogen-bond donors (Lipinski definition) is 1. The van der Waals surface area contributed by atoms with Crippen molar-refractivity contribution in [1.29, 1.82) is 0 Å². The maximum Gasteiger partial charge on any atom is 0.255 e. The van der Waals surface area contributed by atoms with Gasteiger partial charge in [0.05, 0.1) is 4.90 Å². The molecule has 1 saturated heterocycles. The number of piperidine rings is 1. The summed E-state index contributed by atoms with van der Waals surface area (Å²) in [5.74, 6) is 0.360. The average Bonchev–Trinajstić information content (AvgIpc) is 2.61. The lowest BCUT2D eigenvalue weighted by Crippen LogP contribution is -2.42. The van der Waals surface area contributed by atoms with Gasteiger partial charge in [-0.2, -0.15) is 4.31 Å². The number of anilines is 1. The van der Waals surface area contributed by atoms with Gasteiger partial charge >= 0.3 is 0 Å². The first-order chi connectivity index (χ1) is 12.8. The highest BCUT2D eigenvalue weighted by atomic mass is 35.5. The Hall–Kier alpha value is -1.89. The fourth-order valence-corrected chi connectivity index (χ4v) is 5.37. The first-order valence-electron chi connectivity index (χ1n) is 8.93. The molecule has 2 aromatic rings. The fraction of sp³-hybridized carbons (Fsp3) is 0.350. The van der Waals surface area contributed by atoms with Crippen molar-refractivity contribution in [2.45, 2.75) is 25.2 Å². The summed E-state index contributed by atoms with van der Waals surface area (Å²) in [5.41, 5.74) is 0.967. The van der Waals surface area contributed by atoms with Crippen LogP contribution in [0.2, 0.25) is 5.02 Å². The molecular weight excluding hydrogens is 384 g/mol. The normalized spacial score (nSPS) is 21.0. The number of carbonyl (C=O) groups excluding carboxylic acids is 1. The molecule has 0 bridgehead atoms. The number of benzene rings is 2. The molecule has 0 aliphatic carbocycles. The molecule has 144 valence electrons. The summed E-state index contributed by atoms with van der Waals surface area (Å²) in [6.07, 6.45) is 1.04. The summed E-state index contributed by atoms with van der Waals surface area (Å²) < 4.78 is 27.3. The molecule has 5 nitrogen and oxygen atoms in total. The highest BCUT2D eigenvalue weighted by molar-refractivity contribution is 7.89. The Labute approximate surface area is 165 Å². The predicted octanol–water partition coefficient (Wildman–Crippen LogP) is 4.26. The van der Waals surface area contributed by atoms with Gasteiger partial charge in [-0.15, -0.1) is 0 Å². The van der Waals surface area contributed by atoms with Crippen molar-refractivity contribution in [2.24, 2.45) is 11.8 Å². The minimum Gasteiger partial charge on any atom is -0.322 e. The van der Waals surface area contributed by atoms with Crippen LogP contribution in [-0.4, -0.2) is 31.7 Å². The Morgan fingerprint density at radius 2 is 1.70 bits per heavy atom. The van der Waals surface area contributed by atoms with E-state index < -0.39 is 10.0 Å². The van der Waals surface area contributed by atoms with Gasteiger partial charge in [0.15, 0.2) is 0 Å². The quantitative estimate of drug-likeness (QED) is 0.824. The standard InChI is InChI=1S/C20H23ClN2O3S/c1-14-10-15(2)13-23(12-14)27(25,26)19-8-6-16(7-9-19)20(24)22-18-5-3-4-17(21)11-18/h3-9,11,14-15H,10,12-13H2,1-2H3,(H,22,24)/t14-,15-/m1/s1. The first-order valence-corrected chi connectivity index (χ1v) is 10.7. The molecule has 0 saturated carbocycles. The van der Waals surface area contributed by atoms with Gasteiger partial charge in [-0.25, -0.2) is 8.42 Å². The highest BCUT2D eigenvalue weighted by Gasteiger charge is 2.31. The second kappa shape index (κ2) is 8.00. The minimum absolute atomic E-state index is 0.211. The van der Waals surface area contributed by atoms with Crippen molar-refractivity contribution >= 4 is 33.2 Å². The molecule has 2 aromatic carbocycles. The third kappa shape index (κ3) is 4.69. The third-order valence-corrected chi connectivity index (χ3v) is 6.75. The summed E-state index contributed by atoms with van der Waals surface area (Å²) in [4.78, 5) is 12.6. The summed E-state index contributed by atoms with van der Waals surface area (Å²) >= 11 is 5.92. The Morgan fingerprint density at radius 3 is 2.30 bits per heavy atom. The van der Waals surface area contributed by atoms with Crippen LogP contribution in [0.4, 0.5) is 5.69 Å². The molecule has 0 spiro atoms. The molecule has 1 aliphatic heterocycles. The lowest BCUT2D eigenvalue weighted by atomic mass is 9.94. The molecule has 1 aliphatic rings. The Balaban J connectivity index is 1.75. The smallest absolute Gasteiger partial charge is 0.255 e. The summed E-state index contributed by atoms with van der Waals surface area (Å²) in [5, 5.41) is 3.28. The molecule has 3 rings (SSSR count). The van der Waals surface area contributed by atoms with E-state index in [0.717, 1.165) is 6.42 Å². The fourth-order valence-electron chi connectivity index (χ4n) is 3.50. The van der Waals surface area contributed by atoms with Crippen molar-refractivity contribution in [3.8, 4) is 0 Å². The van der Waals surface area contributed by atoms with E-state index in [-0.39, 0.29) is 10.8 Å². The van der Waals surface area contributed by atoms with Crippen molar-refractivity contribution in [3.63, 3.8) is 0 Å². The molecule has 1 fully saturated rings. The zero-order valence-electron chi connectivity index (χ0n) is 15.4. The van der Waals surface area contributed by atoms with Crippen LogP contribution in [0.1, 0.15) is 30.6 Å². The number of rotatable bonds is 4. The maximum atomic E-state index is 12.9. The van der Waals surface area contributed by atoms with Gasteiger partial charge in [0.2, 0.25) is 10.0 Å². The van der Waals surface area contributed by atoms with E-state index in [1.165, 1.54) is 24.3 Å². The van der Waals surface area contributed by atoms with Gasteiger partial charge in [0.25, 0.3) is 5.91 Å². The third-order valence-electron chi connectivity index (χ3n) is 4.67. The molecule has 1 N–H and O–H groups in total. The number of hydrogen-bond acceptors (Lipinski definition) is 3. The monoisotopic (exact) mass is 406 g/mol. The van der Waals surface area contributed by atoms with E-state index in [2.05, 4.69) is 19.2 Å². The van der Waals surface area contributed by atoms with Crippen LogP contribution in [0.25, 0.3) is 0 Å². The Bertz CT molecular complexity index is 918. The first kappa shape index (κ1) is 19.9. The molecule has 0 aromatic heterocycles. The number of nitrogens with zero attached hydrogens (tertiary/aromatic N) is 1. The van der Waals surface area contributed by atoms with E-state index in [4.69, 9.17) is 11.6 Å². The predicted molar refractivity (Wildman–Crippen MR) is 108 cm³/mol. The number of carbonyl (C=O) groups is 1. The lowest BCUT2D eigenvalue weighted by molar-refractivity contribution is 0.102. The van der Waals surface area contributed by atoms with Crippen molar-refractivity contribution in [1.82, 2.24) is 4.31 Å².